The van der Waals surface area contributed by atoms with Crippen LogP contribution in [0.15, 0.2) is 0 Å². The Labute approximate surface area is 45.5 Å². The zero-order valence-corrected chi connectivity index (χ0v) is 4.10. The number of hydrogen-bond donors (Lipinski definition) is 2. The van der Waals surface area contributed by atoms with Crippen LogP contribution in [0.3, 0.4) is 0 Å². The monoisotopic (exact) mass is 119 g/mol. The van der Waals surface area contributed by atoms with Crippen molar-refractivity contribution in [2.45, 2.75) is 18.6 Å². The number of halogens is 1. The standard InChI is InChI=1S/C4H6FNO2/c5-2-1-3(2)6-4(7)8/h2-3,6H,1H2,(H,7,8)/t2-,3-/m0/s1. The Bertz CT molecular complexity index is 117. The van der Waals surface area contributed by atoms with Gasteiger partial charge in [0.1, 0.15) is 6.17 Å². The van der Waals surface area contributed by atoms with Gasteiger partial charge in [-0.1, -0.05) is 0 Å². The highest BCUT2D eigenvalue weighted by Gasteiger charge is 2.38. The largest absolute Gasteiger partial charge is 0.465 e. The molecule has 0 radical (unpaired) electrons. The maximum absolute atomic E-state index is 11.8. The number of rotatable bonds is 1. The summed E-state index contributed by atoms with van der Waals surface area (Å²) in [6, 6.07) is -0.424. The van der Waals surface area contributed by atoms with E-state index in [0.29, 0.717) is 6.42 Å². The minimum absolute atomic E-state index is 0.340. The first-order valence-corrected chi connectivity index (χ1v) is 2.33. The minimum atomic E-state index is -1.14. The summed E-state index contributed by atoms with van der Waals surface area (Å²) in [6.45, 7) is 0. The molecule has 0 aromatic carbocycles. The average Bonchev–Trinajstić information content (AvgIpc) is 2.17. The molecule has 2 atom stereocenters. The lowest BCUT2D eigenvalue weighted by Gasteiger charge is -1.91. The average molecular weight is 119 g/mol. The van der Waals surface area contributed by atoms with Crippen LogP contribution in [-0.4, -0.2) is 23.4 Å². The molecule has 0 heterocycles. The van der Waals surface area contributed by atoms with Gasteiger partial charge < -0.3 is 10.4 Å². The fraction of sp³-hybridized carbons (Fsp3) is 0.750. The van der Waals surface area contributed by atoms with Gasteiger partial charge in [-0.05, 0) is 0 Å². The van der Waals surface area contributed by atoms with E-state index in [2.05, 4.69) is 0 Å². The van der Waals surface area contributed by atoms with Crippen LogP contribution in [0.2, 0.25) is 0 Å². The van der Waals surface area contributed by atoms with Crippen LogP contribution in [0.25, 0.3) is 0 Å². The Balaban J connectivity index is 2.14. The third kappa shape index (κ3) is 1.08. The zero-order chi connectivity index (χ0) is 6.15. The van der Waals surface area contributed by atoms with E-state index in [1.165, 1.54) is 0 Å². The summed E-state index contributed by atoms with van der Waals surface area (Å²) in [7, 11) is 0. The van der Waals surface area contributed by atoms with Crippen molar-refractivity contribution in [1.29, 1.82) is 0 Å². The molecule has 0 saturated heterocycles. The third-order valence-corrected chi connectivity index (χ3v) is 1.02. The predicted molar refractivity (Wildman–Crippen MR) is 24.5 cm³/mol. The highest BCUT2D eigenvalue weighted by molar-refractivity contribution is 5.65. The summed E-state index contributed by atoms with van der Waals surface area (Å²) < 4.78 is 11.8. The summed E-state index contributed by atoms with van der Waals surface area (Å²) in [5.41, 5.74) is 0. The molecule has 0 bridgehead atoms. The molecule has 1 aliphatic carbocycles. The minimum Gasteiger partial charge on any atom is -0.465 e. The van der Waals surface area contributed by atoms with Crippen LogP contribution in [0.4, 0.5) is 9.18 Å². The van der Waals surface area contributed by atoms with E-state index in [0.717, 1.165) is 0 Å². The SMILES string of the molecule is O=C(O)N[C@H]1C[C@@H]1F. The molecular weight excluding hydrogens is 113 g/mol. The molecule has 1 fully saturated rings. The lowest BCUT2D eigenvalue weighted by Crippen LogP contribution is -2.24. The number of amides is 1. The van der Waals surface area contributed by atoms with Gasteiger partial charge in [-0.25, -0.2) is 9.18 Å². The molecular formula is C4H6FNO2. The van der Waals surface area contributed by atoms with Gasteiger partial charge in [0.25, 0.3) is 0 Å². The van der Waals surface area contributed by atoms with Crippen LogP contribution < -0.4 is 5.32 Å². The van der Waals surface area contributed by atoms with Crippen molar-refractivity contribution >= 4 is 6.09 Å². The van der Waals surface area contributed by atoms with Crippen molar-refractivity contribution in [3.63, 3.8) is 0 Å². The molecule has 3 nitrogen and oxygen atoms in total. The summed E-state index contributed by atoms with van der Waals surface area (Å²) in [6.07, 6.45) is -1.74. The Kier molecular flexibility index (Phi) is 1.08. The maximum atomic E-state index is 11.8. The number of carbonyl (C=O) groups is 1. The zero-order valence-electron chi connectivity index (χ0n) is 4.10. The molecule has 2 N–H and O–H groups in total. The Hall–Kier alpha value is -0.800. The maximum Gasteiger partial charge on any atom is 0.404 e. The van der Waals surface area contributed by atoms with Crippen molar-refractivity contribution < 1.29 is 14.3 Å². The summed E-state index contributed by atoms with van der Waals surface area (Å²) >= 11 is 0. The molecule has 0 spiro atoms. The Morgan fingerprint density at radius 3 is 2.50 bits per heavy atom. The first-order valence-electron chi connectivity index (χ1n) is 2.33. The number of hydrogen-bond acceptors (Lipinski definition) is 1. The van der Waals surface area contributed by atoms with Crippen LogP contribution in [0.5, 0.6) is 0 Å². The van der Waals surface area contributed by atoms with E-state index in [-0.39, 0.29) is 0 Å². The Morgan fingerprint density at radius 1 is 1.88 bits per heavy atom. The molecule has 0 aliphatic heterocycles. The van der Waals surface area contributed by atoms with Gasteiger partial charge >= 0.3 is 6.09 Å². The van der Waals surface area contributed by atoms with E-state index < -0.39 is 18.3 Å². The normalized spacial score (nSPS) is 34.1. The van der Waals surface area contributed by atoms with Crippen LogP contribution in [0.1, 0.15) is 6.42 Å². The van der Waals surface area contributed by atoms with Gasteiger partial charge in [-0.3, -0.25) is 0 Å². The van der Waals surface area contributed by atoms with Crippen LogP contribution in [0, 0.1) is 0 Å². The Morgan fingerprint density at radius 2 is 2.38 bits per heavy atom. The van der Waals surface area contributed by atoms with E-state index in [9.17, 15) is 9.18 Å². The van der Waals surface area contributed by atoms with Gasteiger partial charge in [-0.15, -0.1) is 0 Å². The molecule has 4 heteroatoms. The molecule has 1 saturated carbocycles. The quantitative estimate of drug-likeness (QED) is 0.523. The second-order valence-corrected chi connectivity index (χ2v) is 1.81. The van der Waals surface area contributed by atoms with E-state index in [4.69, 9.17) is 5.11 Å². The predicted octanol–water partition coefficient (Wildman–Crippen LogP) is 0.364. The van der Waals surface area contributed by atoms with Crippen molar-refractivity contribution in [2.75, 3.05) is 0 Å². The van der Waals surface area contributed by atoms with Crippen molar-refractivity contribution in [1.82, 2.24) is 5.32 Å². The fourth-order valence-corrected chi connectivity index (χ4v) is 0.472. The highest BCUT2D eigenvalue weighted by atomic mass is 19.1. The smallest absolute Gasteiger partial charge is 0.404 e. The molecule has 0 unspecified atom stereocenters. The number of carboxylic acid groups (broad SMARTS) is 1. The van der Waals surface area contributed by atoms with Gasteiger partial charge in [0, 0.05) is 6.42 Å². The first-order chi connectivity index (χ1) is 3.70. The lowest BCUT2D eigenvalue weighted by atomic mass is 10.7. The number of nitrogens with one attached hydrogen (secondary N) is 1. The second-order valence-electron chi connectivity index (χ2n) is 1.81. The molecule has 1 aliphatic rings. The fourth-order valence-electron chi connectivity index (χ4n) is 0.472. The summed E-state index contributed by atoms with van der Waals surface area (Å²) in [5, 5.41) is 9.97. The van der Waals surface area contributed by atoms with E-state index in [1.54, 1.807) is 0 Å². The van der Waals surface area contributed by atoms with Crippen molar-refractivity contribution in [3.8, 4) is 0 Å². The molecule has 8 heavy (non-hydrogen) atoms. The van der Waals surface area contributed by atoms with Crippen LogP contribution in [-0.2, 0) is 0 Å². The van der Waals surface area contributed by atoms with Crippen molar-refractivity contribution in [3.05, 3.63) is 0 Å². The third-order valence-electron chi connectivity index (χ3n) is 1.02. The molecule has 46 valence electrons. The van der Waals surface area contributed by atoms with E-state index in [1.807, 2.05) is 5.32 Å². The second kappa shape index (κ2) is 1.61. The van der Waals surface area contributed by atoms with Gasteiger partial charge in [0.15, 0.2) is 0 Å². The topological polar surface area (TPSA) is 49.3 Å². The lowest BCUT2D eigenvalue weighted by molar-refractivity contribution is 0.192. The van der Waals surface area contributed by atoms with Gasteiger partial charge in [0.05, 0.1) is 6.04 Å². The molecule has 0 aromatic heterocycles. The van der Waals surface area contributed by atoms with Gasteiger partial charge in [-0.2, -0.15) is 0 Å². The first kappa shape index (κ1) is 5.34. The van der Waals surface area contributed by atoms with Crippen molar-refractivity contribution in [2.24, 2.45) is 0 Å². The molecule has 0 aromatic rings. The van der Waals surface area contributed by atoms with Crippen LogP contribution >= 0.6 is 0 Å². The summed E-state index contributed by atoms with van der Waals surface area (Å²) in [4.78, 5) is 9.72. The summed E-state index contributed by atoms with van der Waals surface area (Å²) in [5.74, 6) is 0. The van der Waals surface area contributed by atoms with E-state index >= 15 is 0 Å². The highest BCUT2D eigenvalue weighted by Crippen LogP contribution is 2.24. The van der Waals surface area contributed by atoms with Gasteiger partial charge in [0.2, 0.25) is 0 Å². The molecule has 1 rings (SSSR count). The molecule has 1 amide bonds. The number of alkyl halides is 1.